The molecule has 9 nitrogen and oxygen atoms in total. The molecule has 206 valence electrons. The van der Waals surface area contributed by atoms with Crippen molar-refractivity contribution in [2.24, 2.45) is 5.10 Å². The third-order valence-electron chi connectivity index (χ3n) is 5.82. The Morgan fingerprint density at radius 2 is 1.78 bits per heavy atom. The molecule has 2 aromatic heterocycles. The monoisotopic (exact) mass is 584 g/mol. The number of carbonyl (C=O) groups excluding carboxylic acids is 1. The number of hydrogen-bond donors (Lipinski definition) is 1. The summed E-state index contributed by atoms with van der Waals surface area (Å²) in [5.41, 5.74) is 6.01. The first-order chi connectivity index (χ1) is 20.1. The summed E-state index contributed by atoms with van der Waals surface area (Å²) in [5.74, 6) is 1.59. The molecule has 0 aliphatic carbocycles. The molecule has 3 aromatic carbocycles. The molecule has 1 amide bonds. The average Bonchev–Trinajstić information content (AvgIpc) is 3.44. The van der Waals surface area contributed by atoms with Crippen molar-refractivity contribution in [3.05, 3.63) is 113 Å². The number of ether oxygens (including phenoxy) is 2. The molecule has 0 saturated heterocycles. The number of benzene rings is 3. The Hall–Kier alpha value is -4.67. The van der Waals surface area contributed by atoms with Gasteiger partial charge in [0, 0.05) is 28.7 Å². The van der Waals surface area contributed by atoms with Gasteiger partial charge in [0.05, 0.1) is 19.1 Å². The predicted octanol–water partition coefficient (Wildman–Crippen LogP) is 5.81. The first kappa shape index (κ1) is 27.9. The molecule has 2 heterocycles. The van der Waals surface area contributed by atoms with Gasteiger partial charge in [-0.15, -0.1) is 10.2 Å². The minimum absolute atomic E-state index is 0.0768. The molecule has 0 aliphatic rings. The van der Waals surface area contributed by atoms with Crippen LogP contribution in [0.1, 0.15) is 11.1 Å². The lowest BCUT2D eigenvalue weighted by molar-refractivity contribution is -0.118. The third-order valence-corrected chi connectivity index (χ3v) is 7.00. The minimum Gasteiger partial charge on any atom is -0.493 e. The zero-order valence-electron chi connectivity index (χ0n) is 22.0. The second-order valence-corrected chi connectivity index (χ2v) is 10.00. The molecule has 0 atom stereocenters. The molecule has 41 heavy (non-hydrogen) atoms. The van der Waals surface area contributed by atoms with Crippen molar-refractivity contribution in [1.82, 2.24) is 25.2 Å². The van der Waals surface area contributed by atoms with E-state index in [4.69, 9.17) is 21.1 Å². The van der Waals surface area contributed by atoms with Gasteiger partial charge in [-0.25, -0.2) is 5.43 Å². The van der Waals surface area contributed by atoms with Crippen molar-refractivity contribution in [1.29, 1.82) is 0 Å². The van der Waals surface area contributed by atoms with Crippen LogP contribution in [0.2, 0.25) is 5.02 Å². The van der Waals surface area contributed by atoms with Crippen LogP contribution >= 0.6 is 23.4 Å². The van der Waals surface area contributed by atoms with Gasteiger partial charge in [-0.05, 0) is 65.7 Å². The Kier molecular flexibility index (Phi) is 9.25. The lowest BCUT2D eigenvalue weighted by Gasteiger charge is -2.11. The van der Waals surface area contributed by atoms with Crippen molar-refractivity contribution < 1.29 is 14.3 Å². The number of amides is 1. The molecule has 0 unspecified atom stereocenters. The van der Waals surface area contributed by atoms with Gasteiger partial charge in [0.15, 0.2) is 22.5 Å². The van der Waals surface area contributed by atoms with Crippen molar-refractivity contribution in [3.8, 4) is 28.6 Å². The summed E-state index contributed by atoms with van der Waals surface area (Å²) >= 11 is 7.34. The van der Waals surface area contributed by atoms with Crippen LogP contribution in [-0.2, 0) is 11.4 Å². The number of pyridine rings is 1. The molecular formula is C30H25ClN6O3S. The molecule has 5 aromatic rings. The normalized spacial score (nSPS) is 11.0. The van der Waals surface area contributed by atoms with Crippen LogP contribution in [0.5, 0.6) is 11.5 Å². The van der Waals surface area contributed by atoms with Gasteiger partial charge >= 0.3 is 0 Å². The highest BCUT2D eigenvalue weighted by Crippen LogP contribution is 2.29. The van der Waals surface area contributed by atoms with Gasteiger partial charge in [0.25, 0.3) is 5.91 Å². The number of carbonyl (C=O) groups is 1. The second kappa shape index (κ2) is 13.6. The molecule has 11 heteroatoms. The number of aromatic nitrogens is 4. The molecule has 0 bridgehead atoms. The zero-order chi connectivity index (χ0) is 28.4. The van der Waals surface area contributed by atoms with Crippen LogP contribution in [0, 0.1) is 0 Å². The van der Waals surface area contributed by atoms with Crippen LogP contribution < -0.4 is 14.9 Å². The van der Waals surface area contributed by atoms with E-state index < -0.39 is 0 Å². The Morgan fingerprint density at radius 3 is 2.54 bits per heavy atom. The largest absolute Gasteiger partial charge is 0.493 e. The van der Waals surface area contributed by atoms with E-state index in [0.29, 0.717) is 34.1 Å². The maximum absolute atomic E-state index is 12.6. The maximum atomic E-state index is 12.6. The van der Waals surface area contributed by atoms with Gasteiger partial charge in [0.1, 0.15) is 6.61 Å². The lowest BCUT2D eigenvalue weighted by atomic mass is 10.2. The highest BCUT2D eigenvalue weighted by molar-refractivity contribution is 7.99. The van der Waals surface area contributed by atoms with E-state index in [0.717, 1.165) is 22.4 Å². The van der Waals surface area contributed by atoms with Crippen molar-refractivity contribution in [2.45, 2.75) is 11.8 Å². The number of methoxy groups -OCH3 is 1. The van der Waals surface area contributed by atoms with Crippen LogP contribution in [0.15, 0.2) is 108 Å². The van der Waals surface area contributed by atoms with Gasteiger partial charge < -0.3 is 9.47 Å². The summed E-state index contributed by atoms with van der Waals surface area (Å²) in [6.45, 7) is 0.398. The molecule has 0 fully saturated rings. The molecule has 0 radical (unpaired) electrons. The Labute approximate surface area is 246 Å². The predicted molar refractivity (Wildman–Crippen MR) is 160 cm³/mol. The fourth-order valence-electron chi connectivity index (χ4n) is 3.84. The molecule has 5 rings (SSSR count). The number of nitrogens with one attached hydrogen (secondary N) is 1. The first-order valence-electron chi connectivity index (χ1n) is 12.5. The third kappa shape index (κ3) is 7.30. The van der Waals surface area contributed by atoms with Crippen molar-refractivity contribution in [3.63, 3.8) is 0 Å². The average molecular weight is 585 g/mol. The maximum Gasteiger partial charge on any atom is 0.250 e. The Bertz CT molecular complexity index is 1630. The summed E-state index contributed by atoms with van der Waals surface area (Å²) in [7, 11) is 1.59. The Morgan fingerprint density at radius 1 is 1.00 bits per heavy atom. The summed E-state index contributed by atoms with van der Waals surface area (Å²) in [5, 5.41) is 14.0. The molecule has 0 aliphatic heterocycles. The lowest BCUT2D eigenvalue weighted by Crippen LogP contribution is -2.20. The van der Waals surface area contributed by atoms with E-state index in [9.17, 15) is 4.79 Å². The van der Waals surface area contributed by atoms with Gasteiger partial charge in [-0.1, -0.05) is 53.7 Å². The second-order valence-electron chi connectivity index (χ2n) is 8.62. The fraction of sp³-hybridized carbons (Fsp3) is 0.100. The summed E-state index contributed by atoms with van der Waals surface area (Å²) < 4.78 is 13.2. The topological polar surface area (TPSA) is 104 Å². The number of nitrogens with zero attached hydrogens (tertiary/aromatic N) is 5. The van der Waals surface area contributed by atoms with Crippen LogP contribution in [0.25, 0.3) is 17.1 Å². The quantitative estimate of drug-likeness (QED) is 0.119. The van der Waals surface area contributed by atoms with Gasteiger partial charge in [-0.2, -0.15) is 5.10 Å². The van der Waals surface area contributed by atoms with Gasteiger partial charge in [0.2, 0.25) is 0 Å². The van der Waals surface area contributed by atoms with E-state index >= 15 is 0 Å². The molecule has 0 saturated carbocycles. The first-order valence-corrected chi connectivity index (χ1v) is 13.9. The number of hydrogen-bond acceptors (Lipinski definition) is 8. The number of rotatable bonds is 11. The molecular weight excluding hydrogens is 560 g/mol. The smallest absolute Gasteiger partial charge is 0.250 e. The SMILES string of the molecule is COc1ccc(C=NNC(=O)CSc2nnc(-c3ccncc3)n2-c2ccc(Cl)cc2)cc1OCc1ccccc1. The standard InChI is InChI=1S/C30H25ClN6O3S/c1-39-26-12-7-22(17-27(26)40-19-21-5-3-2-4-6-21)18-33-34-28(38)20-41-30-36-35-29(23-13-15-32-16-14-23)37(30)25-10-8-24(31)9-11-25/h2-18H,19-20H2,1H3,(H,34,38). The minimum atomic E-state index is -0.295. The van der Waals surface area contributed by atoms with Gasteiger partial charge in [-0.3, -0.25) is 14.3 Å². The Balaban J connectivity index is 1.24. The van der Waals surface area contributed by atoms with E-state index in [1.165, 1.54) is 11.8 Å². The summed E-state index contributed by atoms with van der Waals surface area (Å²) in [6, 6.07) is 26.3. The van der Waals surface area contributed by atoms with E-state index in [1.54, 1.807) is 50.0 Å². The highest BCUT2D eigenvalue weighted by Gasteiger charge is 2.17. The van der Waals surface area contributed by atoms with E-state index in [2.05, 4.69) is 25.7 Å². The molecule has 0 spiro atoms. The fourth-order valence-corrected chi connectivity index (χ4v) is 4.71. The number of hydrazone groups is 1. The molecule has 1 N–H and O–H groups in total. The highest BCUT2D eigenvalue weighted by atomic mass is 35.5. The van der Waals surface area contributed by atoms with Crippen molar-refractivity contribution >= 4 is 35.5 Å². The summed E-state index contributed by atoms with van der Waals surface area (Å²) in [6.07, 6.45) is 4.93. The number of thioether (sulfide) groups is 1. The van der Waals surface area contributed by atoms with Crippen molar-refractivity contribution in [2.75, 3.05) is 12.9 Å². The van der Waals surface area contributed by atoms with Crippen LogP contribution in [0.4, 0.5) is 0 Å². The summed E-state index contributed by atoms with van der Waals surface area (Å²) in [4.78, 5) is 16.7. The van der Waals surface area contributed by atoms with E-state index in [1.807, 2.05) is 65.2 Å². The van der Waals surface area contributed by atoms with Crippen LogP contribution in [0.3, 0.4) is 0 Å². The van der Waals surface area contributed by atoms with Crippen LogP contribution in [-0.4, -0.2) is 44.7 Å². The van der Waals surface area contributed by atoms with E-state index in [-0.39, 0.29) is 11.7 Å². The number of halogens is 1. The zero-order valence-corrected chi connectivity index (χ0v) is 23.5.